The van der Waals surface area contributed by atoms with Crippen molar-refractivity contribution in [1.29, 1.82) is 0 Å². The van der Waals surface area contributed by atoms with Gasteiger partial charge in [-0.05, 0) is 13.8 Å². The van der Waals surface area contributed by atoms with E-state index in [9.17, 15) is 0 Å². The van der Waals surface area contributed by atoms with E-state index in [0.717, 1.165) is 13.1 Å². The smallest absolute Gasteiger partial charge is 0.0957 e. The van der Waals surface area contributed by atoms with E-state index in [1.54, 1.807) is 0 Å². The molecule has 0 bridgehead atoms. The van der Waals surface area contributed by atoms with Crippen LogP contribution in [0.5, 0.6) is 0 Å². The zero-order chi connectivity index (χ0) is 12.3. The Morgan fingerprint density at radius 3 is 2.19 bits per heavy atom. The van der Waals surface area contributed by atoms with Gasteiger partial charge in [0.1, 0.15) is 0 Å². The summed E-state index contributed by atoms with van der Waals surface area (Å²) in [5, 5.41) is 1.30. The molecule has 1 aromatic rings. The largest absolute Gasteiger partial charge is 0.290 e. The topological polar surface area (TPSA) is 16.1 Å². The normalized spacial score (nSPS) is 15.2. The molecule has 0 saturated heterocycles. The molecule has 3 heteroatoms. The fraction of sp³-hybridized carbons (Fsp3) is 0.769. The summed E-state index contributed by atoms with van der Waals surface area (Å²) in [6.07, 6.45) is 0. The van der Waals surface area contributed by atoms with Crippen molar-refractivity contribution >= 4 is 11.3 Å². The molecule has 0 saturated carbocycles. The van der Waals surface area contributed by atoms with E-state index in [0.29, 0.717) is 12.0 Å². The van der Waals surface area contributed by atoms with Crippen LogP contribution in [0.2, 0.25) is 0 Å². The van der Waals surface area contributed by atoms with Gasteiger partial charge < -0.3 is 0 Å². The van der Waals surface area contributed by atoms with Crippen molar-refractivity contribution in [3.8, 4) is 0 Å². The molecule has 0 unspecified atom stereocenters. The number of nitrogens with zero attached hydrogens (tertiary/aromatic N) is 2. The highest BCUT2D eigenvalue weighted by Crippen LogP contribution is 2.32. The highest BCUT2D eigenvalue weighted by molar-refractivity contribution is 7.11. The fourth-order valence-corrected chi connectivity index (χ4v) is 2.80. The Bertz CT molecular complexity index is 305. The van der Waals surface area contributed by atoms with Gasteiger partial charge in [-0.2, -0.15) is 0 Å². The van der Waals surface area contributed by atoms with Crippen molar-refractivity contribution in [2.45, 2.75) is 66.6 Å². The van der Waals surface area contributed by atoms with Gasteiger partial charge in [-0.25, -0.2) is 4.98 Å². The quantitative estimate of drug-likeness (QED) is 0.776. The molecule has 92 valence electrons. The van der Waals surface area contributed by atoms with Crippen LogP contribution < -0.4 is 0 Å². The van der Waals surface area contributed by atoms with E-state index in [1.807, 2.05) is 25.2 Å². The van der Waals surface area contributed by atoms with Crippen LogP contribution in [0.25, 0.3) is 0 Å². The maximum atomic E-state index is 4.70. The van der Waals surface area contributed by atoms with E-state index in [1.165, 1.54) is 15.6 Å². The Labute approximate surface area is 104 Å². The lowest BCUT2D eigenvalue weighted by Gasteiger charge is -2.19. The van der Waals surface area contributed by atoms with E-state index in [-0.39, 0.29) is 0 Å². The highest BCUT2D eigenvalue weighted by Gasteiger charge is 2.25. The molecule has 0 aliphatic carbocycles. The summed E-state index contributed by atoms with van der Waals surface area (Å²) in [6.45, 7) is 15.1. The molecule has 1 aliphatic heterocycles. The van der Waals surface area contributed by atoms with Crippen molar-refractivity contribution < 1.29 is 0 Å². The molecule has 0 radical (unpaired) electrons. The molecule has 16 heavy (non-hydrogen) atoms. The van der Waals surface area contributed by atoms with Gasteiger partial charge >= 0.3 is 0 Å². The number of hydrogen-bond acceptors (Lipinski definition) is 3. The molecule has 0 N–H and O–H groups in total. The third kappa shape index (κ3) is 2.83. The third-order valence-corrected chi connectivity index (χ3v) is 4.10. The van der Waals surface area contributed by atoms with Gasteiger partial charge in [-0.15, -0.1) is 11.3 Å². The SMILES string of the molecule is CC.CC(C)c1nc2c(s1)CN(C(C)C)C2. The van der Waals surface area contributed by atoms with Gasteiger partial charge in [0.25, 0.3) is 0 Å². The summed E-state index contributed by atoms with van der Waals surface area (Å²) in [5.41, 5.74) is 1.33. The Hall–Kier alpha value is -0.410. The monoisotopic (exact) mass is 240 g/mol. The summed E-state index contributed by atoms with van der Waals surface area (Å²) < 4.78 is 0. The van der Waals surface area contributed by atoms with Crippen LogP contribution in [0.15, 0.2) is 0 Å². The minimum atomic E-state index is 0.582. The molecule has 0 spiro atoms. The van der Waals surface area contributed by atoms with Crippen LogP contribution in [-0.4, -0.2) is 15.9 Å². The summed E-state index contributed by atoms with van der Waals surface area (Å²) in [6, 6.07) is 0.638. The van der Waals surface area contributed by atoms with Crippen LogP contribution >= 0.6 is 11.3 Å². The Morgan fingerprint density at radius 1 is 1.12 bits per heavy atom. The van der Waals surface area contributed by atoms with Crippen molar-refractivity contribution in [3.05, 3.63) is 15.6 Å². The maximum absolute atomic E-state index is 4.70. The van der Waals surface area contributed by atoms with Gasteiger partial charge in [0, 0.05) is 29.9 Å². The molecule has 0 atom stereocenters. The second kappa shape index (κ2) is 5.78. The molecule has 1 aliphatic rings. The van der Waals surface area contributed by atoms with E-state index in [4.69, 9.17) is 4.98 Å². The molecular weight excluding hydrogens is 216 g/mol. The number of aromatic nitrogens is 1. The standard InChI is InChI=1S/C11H18N2S.C2H6/c1-7(2)11-12-9-5-13(8(3)4)6-10(9)14-11;1-2/h7-8H,5-6H2,1-4H3;1-2H3. The van der Waals surface area contributed by atoms with Crippen LogP contribution in [0, 0.1) is 0 Å². The predicted octanol–water partition coefficient (Wildman–Crippen LogP) is 4.02. The zero-order valence-corrected chi connectivity index (χ0v) is 12.2. The molecule has 0 fully saturated rings. The number of fused-ring (bicyclic) bond motifs is 1. The number of hydrogen-bond donors (Lipinski definition) is 0. The van der Waals surface area contributed by atoms with Gasteiger partial charge in [0.2, 0.25) is 0 Å². The molecular formula is C13H24N2S. The fourth-order valence-electron chi connectivity index (χ4n) is 1.70. The summed E-state index contributed by atoms with van der Waals surface area (Å²) in [5.74, 6) is 0.582. The van der Waals surface area contributed by atoms with Gasteiger partial charge in [0.15, 0.2) is 0 Å². The van der Waals surface area contributed by atoms with Crippen LogP contribution in [-0.2, 0) is 13.1 Å². The lowest BCUT2D eigenvalue weighted by molar-refractivity contribution is 0.226. The summed E-state index contributed by atoms with van der Waals surface area (Å²) >= 11 is 1.90. The van der Waals surface area contributed by atoms with Crippen LogP contribution in [0.3, 0.4) is 0 Å². The first-order valence-electron chi connectivity index (χ1n) is 6.30. The molecule has 0 aromatic carbocycles. The average Bonchev–Trinajstić information content (AvgIpc) is 2.76. The second-order valence-electron chi connectivity index (χ2n) is 4.58. The van der Waals surface area contributed by atoms with Crippen molar-refractivity contribution in [1.82, 2.24) is 9.88 Å². The molecule has 2 rings (SSSR count). The molecule has 2 heterocycles. The molecule has 0 amide bonds. The second-order valence-corrected chi connectivity index (χ2v) is 5.69. The maximum Gasteiger partial charge on any atom is 0.0957 e. The third-order valence-electron chi connectivity index (χ3n) is 2.72. The lowest BCUT2D eigenvalue weighted by Crippen LogP contribution is -2.24. The Balaban J connectivity index is 0.000000606. The van der Waals surface area contributed by atoms with Gasteiger partial charge in [-0.1, -0.05) is 27.7 Å². The lowest BCUT2D eigenvalue weighted by atomic mass is 10.2. The van der Waals surface area contributed by atoms with Gasteiger partial charge in [0.05, 0.1) is 10.7 Å². The Kier molecular flexibility index (Phi) is 4.93. The summed E-state index contributed by atoms with van der Waals surface area (Å²) in [7, 11) is 0. The van der Waals surface area contributed by atoms with E-state index >= 15 is 0 Å². The van der Waals surface area contributed by atoms with Crippen LogP contribution in [0.4, 0.5) is 0 Å². The van der Waals surface area contributed by atoms with Crippen molar-refractivity contribution in [2.24, 2.45) is 0 Å². The zero-order valence-electron chi connectivity index (χ0n) is 11.4. The van der Waals surface area contributed by atoms with Crippen molar-refractivity contribution in [3.63, 3.8) is 0 Å². The van der Waals surface area contributed by atoms with E-state index < -0.39 is 0 Å². The van der Waals surface area contributed by atoms with Gasteiger partial charge in [-0.3, -0.25) is 4.90 Å². The first-order valence-corrected chi connectivity index (χ1v) is 7.12. The predicted molar refractivity (Wildman–Crippen MR) is 71.9 cm³/mol. The van der Waals surface area contributed by atoms with Crippen LogP contribution in [0.1, 0.15) is 63.0 Å². The molecule has 2 nitrogen and oxygen atoms in total. The Morgan fingerprint density at radius 2 is 1.75 bits per heavy atom. The first kappa shape index (κ1) is 13.7. The number of rotatable bonds is 2. The number of thiazole rings is 1. The first-order chi connectivity index (χ1) is 7.58. The average molecular weight is 240 g/mol. The van der Waals surface area contributed by atoms with Crippen molar-refractivity contribution in [2.75, 3.05) is 0 Å². The minimum Gasteiger partial charge on any atom is -0.290 e. The molecule has 1 aromatic heterocycles. The van der Waals surface area contributed by atoms with E-state index in [2.05, 4.69) is 32.6 Å². The minimum absolute atomic E-state index is 0.582. The highest BCUT2D eigenvalue weighted by atomic mass is 32.1. The summed E-state index contributed by atoms with van der Waals surface area (Å²) in [4.78, 5) is 8.66.